The number of nitrogens with two attached hydrogens (primary N) is 6. The van der Waals surface area contributed by atoms with Crippen LogP contribution in [0.4, 0.5) is 5.69 Å². The van der Waals surface area contributed by atoms with Crippen molar-refractivity contribution in [2.24, 2.45) is 34.4 Å². The summed E-state index contributed by atoms with van der Waals surface area (Å²) in [5.74, 6) is 1.31. The van der Waals surface area contributed by atoms with Crippen molar-refractivity contribution >= 4 is 16.7 Å². The van der Waals surface area contributed by atoms with Crippen molar-refractivity contribution in [2.45, 2.75) is 136 Å². The van der Waals surface area contributed by atoms with E-state index in [1.54, 1.807) is 6.20 Å². The number of nitrogens with zero attached hydrogens (tertiary/aromatic N) is 6. The summed E-state index contributed by atoms with van der Waals surface area (Å²) < 4.78 is 44.2. The average molecular weight is 986 g/mol. The number of anilines is 1. The molecule has 26 heteroatoms. The first kappa shape index (κ1) is 50.8. The number of hydrogen-bond donors (Lipinski definition) is 13. The van der Waals surface area contributed by atoms with Gasteiger partial charge in [0, 0.05) is 62.6 Å². The van der Waals surface area contributed by atoms with Crippen molar-refractivity contribution in [1.82, 2.24) is 29.9 Å². The number of likely N-dealkylation sites (N-methyl/N-ethyl adjacent to an activating group) is 1. The number of aromatic amines is 1. The van der Waals surface area contributed by atoms with Gasteiger partial charge >= 0.3 is 0 Å². The van der Waals surface area contributed by atoms with Gasteiger partial charge in [-0.2, -0.15) is 0 Å². The minimum Gasteiger partial charge on any atom is -0.487 e. The standard InChI is InChI=1S/C44H67N13O13/c1-55-8-10-56(11-9-55)21-4-7-25-26(12-21)52-41(51-25)19-2-5-22(6-3-19)64-18-20-16-57(54-53-20)17-29-39(69-43-31(50)36(62)34(60)28(15-46)66-43)37(63)44(67-29)70-40-32(58)23(47)13-24(48)38(40)68-42-30(49)35(61)33(59)27(14-45)65-42/h2-7,12,16,23-24,27-40,42-44,58-63H,8-11,13-15,17-18,45-50H2,1H3,(H,51,52)/t23-,24+,27-,28-,29-,30-,31+,32+,33-,34+,35-,36+,37-,38-,39-,40-,42-,43+,44+/m1/s1. The molecule has 70 heavy (non-hydrogen) atoms. The number of ether oxygens (including phenoxy) is 7. The van der Waals surface area contributed by atoms with Gasteiger partial charge in [0.05, 0.1) is 42.0 Å². The Labute approximate surface area is 402 Å². The van der Waals surface area contributed by atoms with Crippen LogP contribution in [0, 0.1) is 0 Å². The van der Waals surface area contributed by atoms with Gasteiger partial charge in [-0.25, -0.2) is 9.67 Å². The second-order valence-electron chi connectivity index (χ2n) is 18.9. The second kappa shape index (κ2) is 21.5. The van der Waals surface area contributed by atoms with Crippen molar-refractivity contribution in [3.8, 4) is 17.1 Å². The average Bonchev–Trinajstić information content (AvgIpc) is 4.08. The monoisotopic (exact) mass is 985 g/mol. The highest BCUT2D eigenvalue weighted by molar-refractivity contribution is 5.83. The van der Waals surface area contributed by atoms with Crippen LogP contribution in [0.25, 0.3) is 22.4 Å². The number of fused-ring (bicyclic) bond motifs is 1. The first-order valence-corrected chi connectivity index (χ1v) is 23.6. The van der Waals surface area contributed by atoms with E-state index in [9.17, 15) is 30.6 Å². The molecule has 19 atom stereocenters. The second-order valence-corrected chi connectivity index (χ2v) is 18.9. The molecule has 6 heterocycles. The normalized spacial score (nSPS) is 38.6. The minimum atomic E-state index is -1.64. The van der Waals surface area contributed by atoms with Gasteiger partial charge in [-0.1, -0.05) is 5.21 Å². The number of imidazole rings is 1. The first-order chi connectivity index (χ1) is 33.6. The van der Waals surface area contributed by atoms with E-state index < -0.39 is 116 Å². The van der Waals surface area contributed by atoms with Crippen LogP contribution >= 0.6 is 0 Å². The Bertz CT molecular complexity index is 2320. The largest absolute Gasteiger partial charge is 0.487 e. The lowest BCUT2D eigenvalue weighted by Crippen LogP contribution is -2.68. The van der Waals surface area contributed by atoms with Crippen LogP contribution < -0.4 is 44.0 Å². The number of aliphatic hydroxyl groups excluding tert-OH is 6. The molecule has 2 aromatic heterocycles. The van der Waals surface area contributed by atoms with Gasteiger partial charge in [-0.3, -0.25) is 0 Å². The third-order valence-electron chi connectivity index (χ3n) is 14.0. The van der Waals surface area contributed by atoms with Crippen LogP contribution in [0.1, 0.15) is 12.1 Å². The highest BCUT2D eigenvalue weighted by Gasteiger charge is 2.54. The molecule has 2 aromatic carbocycles. The number of piperazine rings is 1. The predicted octanol–water partition coefficient (Wildman–Crippen LogP) is -5.72. The van der Waals surface area contributed by atoms with Gasteiger partial charge in [0.15, 0.2) is 18.9 Å². The summed E-state index contributed by atoms with van der Waals surface area (Å²) in [6, 6.07) is 9.45. The molecule has 0 radical (unpaired) electrons. The molecule has 1 saturated carbocycles. The Morgan fingerprint density at radius 1 is 0.686 bits per heavy atom. The first-order valence-electron chi connectivity index (χ1n) is 23.6. The Morgan fingerprint density at radius 2 is 1.30 bits per heavy atom. The molecule has 5 aliphatic rings. The van der Waals surface area contributed by atoms with E-state index >= 15 is 0 Å². The topological polar surface area (TPSA) is 408 Å². The summed E-state index contributed by atoms with van der Waals surface area (Å²) >= 11 is 0. The van der Waals surface area contributed by atoms with E-state index in [0.29, 0.717) is 11.4 Å². The Balaban J connectivity index is 0.879. The summed E-state index contributed by atoms with van der Waals surface area (Å²) in [4.78, 5) is 13.0. The SMILES string of the molecule is CN1CCN(c2ccc3nc(-c4ccc(OCc5cn(C[C@H]6O[C@@H](O[C@@H]7[C@@H](O)[C@H](N)C[C@H](N)[C@H]7O[C@H]7O[C@H](CN)[C@@H](O)[C@H](O)[C@H]7N)[C@H](O)[C@@H]6O[C@@H]6O[C@H](CN)[C@H](O)[C@@H](O)[C@@H]6N)nn5)cc4)[nH]c3c2)CC1. The lowest BCUT2D eigenvalue weighted by Gasteiger charge is -2.47. The maximum atomic E-state index is 11.9. The fraction of sp³-hybridized carbons (Fsp3) is 0.659. The molecule has 4 aromatic rings. The Morgan fingerprint density at radius 3 is 1.94 bits per heavy atom. The van der Waals surface area contributed by atoms with E-state index in [1.165, 1.54) is 4.68 Å². The smallest absolute Gasteiger partial charge is 0.187 e. The minimum absolute atomic E-state index is 0.0438. The number of rotatable bonds is 15. The molecule has 1 aliphatic carbocycles. The predicted molar refractivity (Wildman–Crippen MR) is 247 cm³/mol. The molecule has 19 N–H and O–H groups in total. The Hall–Kier alpha value is -4.11. The summed E-state index contributed by atoms with van der Waals surface area (Å²) in [5, 5.41) is 74.2. The highest BCUT2D eigenvalue weighted by Crippen LogP contribution is 2.35. The fourth-order valence-electron chi connectivity index (χ4n) is 9.68. The summed E-state index contributed by atoms with van der Waals surface area (Å²) in [6.45, 7) is 3.56. The zero-order valence-corrected chi connectivity index (χ0v) is 38.6. The molecule has 9 rings (SSSR count). The molecule has 0 unspecified atom stereocenters. The summed E-state index contributed by atoms with van der Waals surface area (Å²) in [6.07, 6.45) is -18.6. The van der Waals surface area contributed by atoms with Crippen LogP contribution in [0.5, 0.6) is 5.75 Å². The number of hydrogen-bond acceptors (Lipinski definition) is 24. The molecule has 0 spiro atoms. The highest BCUT2D eigenvalue weighted by atomic mass is 16.8. The number of H-pyrrole nitrogens is 1. The molecule has 386 valence electrons. The lowest BCUT2D eigenvalue weighted by molar-refractivity contribution is -0.306. The molecule has 5 fully saturated rings. The maximum absolute atomic E-state index is 11.9. The molecule has 26 nitrogen and oxygen atoms in total. The van der Waals surface area contributed by atoms with Crippen LogP contribution in [-0.4, -0.2) is 223 Å². The quantitative estimate of drug-likeness (QED) is 0.0528. The third-order valence-corrected chi connectivity index (χ3v) is 14.0. The molecule has 4 saturated heterocycles. The Kier molecular flexibility index (Phi) is 15.6. The lowest BCUT2D eigenvalue weighted by atomic mass is 9.84. The van der Waals surface area contributed by atoms with Gasteiger partial charge in [-0.05, 0) is 55.9 Å². The van der Waals surface area contributed by atoms with E-state index in [2.05, 4.69) is 44.3 Å². The van der Waals surface area contributed by atoms with Crippen LogP contribution in [-0.2, 0) is 41.6 Å². The van der Waals surface area contributed by atoms with Gasteiger partial charge in [0.25, 0.3) is 0 Å². The zero-order valence-electron chi connectivity index (χ0n) is 38.6. The zero-order chi connectivity index (χ0) is 49.5. The number of aliphatic hydroxyl groups is 6. The van der Waals surface area contributed by atoms with Gasteiger partial charge in [-0.15, -0.1) is 5.10 Å². The van der Waals surface area contributed by atoms with Crippen molar-refractivity contribution in [1.29, 1.82) is 0 Å². The summed E-state index contributed by atoms with van der Waals surface area (Å²) in [5.41, 5.74) is 41.2. The van der Waals surface area contributed by atoms with Crippen LogP contribution in [0.15, 0.2) is 48.7 Å². The molecular weight excluding hydrogens is 919 g/mol. The number of nitrogens with one attached hydrogen (secondary N) is 1. The van der Waals surface area contributed by atoms with Crippen LogP contribution in [0.3, 0.4) is 0 Å². The summed E-state index contributed by atoms with van der Waals surface area (Å²) in [7, 11) is 2.14. The van der Waals surface area contributed by atoms with Gasteiger partial charge in [0.2, 0.25) is 0 Å². The fourth-order valence-corrected chi connectivity index (χ4v) is 9.68. The maximum Gasteiger partial charge on any atom is 0.187 e. The van der Waals surface area contributed by atoms with E-state index in [1.807, 2.05) is 30.3 Å². The van der Waals surface area contributed by atoms with Crippen molar-refractivity contribution in [3.05, 3.63) is 54.4 Å². The molecule has 4 aliphatic heterocycles. The molecule has 0 bridgehead atoms. The van der Waals surface area contributed by atoms with Crippen molar-refractivity contribution in [2.75, 3.05) is 51.2 Å². The van der Waals surface area contributed by atoms with E-state index in [0.717, 1.165) is 54.3 Å². The van der Waals surface area contributed by atoms with Crippen LogP contribution in [0.2, 0.25) is 0 Å². The number of aromatic nitrogens is 5. The number of benzene rings is 2. The molecular formula is C44H67N13O13. The molecule has 0 amide bonds. The van der Waals surface area contributed by atoms with Crippen molar-refractivity contribution in [3.63, 3.8) is 0 Å². The third kappa shape index (κ3) is 10.5. The van der Waals surface area contributed by atoms with Gasteiger partial charge < -0.3 is 113 Å². The van der Waals surface area contributed by atoms with E-state index in [4.69, 9.17) is 72.5 Å². The van der Waals surface area contributed by atoms with E-state index in [-0.39, 0.29) is 32.7 Å². The van der Waals surface area contributed by atoms with Gasteiger partial charge in [0.1, 0.15) is 91.0 Å². The van der Waals surface area contributed by atoms with Crippen molar-refractivity contribution < 1.29 is 63.8 Å².